The van der Waals surface area contributed by atoms with Crippen LogP contribution in [0.2, 0.25) is 0 Å². The van der Waals surface area contributed by atoms with E-state index in [4.69, 9.17) is 0 Å². The van der Waals surface area contributed by atoms with Crippen LogP contribution >= 0.6 is 0 Å². The molecule has 0 aromatic heterocycles. The summed E-state index contributed by atoms with van der Waals surface area (Å²) in [6.45, 7) is 10.8. The van der Waals surface area contributed by atoms with Gasteiger partial charge < -0.3 is 15.1 Å². The zero-order chi connectivity index (χ0) is 27.7. The molecule has 0 aliphatic heterocycles. The first kappa shape index (κ1) is 26.1. The number of phenols is 2. The average Bonchev–Trinajstić information content (AvgIpc) is 2.94. The quantitative estimate of drug-likeness (QED) is 0.222. The van der Waals surface area contributed by atoms with Crippen molar-refractivity contribution in [2.75, 3.05) is 4.90 Å². The van der Waals surface area contributed by atoms with E-state index >= 15 is 0 Å². The summed E-state index contributed by atoms with van der Waals surface area (Å²) >= 11 is 0. The third kappa shape index (κ3) is 4.88. The van der Waals surface area contributed by atoms with E-state index in [1.54, 1.807) is 24.3 Å². The maximum atomic E-state index is 10.0. The molecule has 0 aliphatic rings. The average molecular weight is 514 g/mol. The van der Waals surface area contributed by atoms with Crippen LogP contribution in [0.25, 0.3) is 0 Å². The Morgan fingerprint density at radius 3 is 1.67 bits per heavy atom. The highest BCUT2D eigenvalue weighted by Gasteiger charge is 2.32. The van der Waals surface area contributed by atoms with E-state index in [1.807, 2.05) is 24.3 Å². The van der Waals surface area contributed by atoms with Gasteiger partial charge in [-0.25, -0.2) is 0 Å². The zero-order valence-electron chi connectivity index (χ0n) is 23.2. The highest BCUT2D eigenvalue weighted by molar-refractivity contribution is 5.80. The summed E-state index contributed by atoms with van der Waals surface area (Å²) in [6.07, 6.45) is 0. The van der Waals surface area contributed by atoms with E-state index in [-0.39, 0.29) is 11.5 Å². The Bertz CT molecular complexity index is 1570. The number of nitrogens with zero attached hydrogens (tertiary/aromatic N) is 1. The summed E-state index contributed by atoms with van der Waals surface area (Å²) in [4.78, 5) is 2.34. The standard InChI is InChI=1S/C36H35NO2/c1-24-12-17-32(22-26(24)3)37(35-11-6-8-25(2)27(35)4)31-10-7-9-30(23-31)36(5,28-13-18-33(38)19-14-28)29-15-20-34(39)21-16-29/h6-23,38-39H,1-5H3. The number of rotatable bonds is 6. The molecule has 0 amide bonds. The van der Waals surface area contributed by atoms with Gasteiger partial charge in [0, 0.05) is 22.5 Å². The van der Waals surface area contributed by atoms with Crippen molar-refractivity contribution < 1.29 is 10.2 Å². The van der Waals surface area contributed by atoms with E-state index in [2.05, 4.69) is 100 Å². The monoisotopic (exact) mass is 513 g/mol. The van der Waals surface area contributed by atoms with Crippen molar-refractivity contribution in [1.29, 1.82) is 0 Å². The number of aryl methyl sites for hydroxylation is 3. The Kier molecular flexibility index (Phi) is 6.93. The lowest BCUT2D eigenvalue weighted by Gasteiger charge is -2.34. The van der Waals surface area contributed by atoms with Gasteiger partial charge in [-0.05, 0) is 128 Å². The van der Waals surface area contributed by atoms with Gasteiger partial charge in [0.1, 0.15) is 11.5 Å². The molecule has 0 saturated heterocycles. The highest BCUT2D eigenvalue weighted by atomic mass is 16.3. The summed E-state index contributed by atoms with van der Waals surface area (Å²) < 4.78 is 0. The summed E-state index contributed by atoms with van der Waals surface area (Å²) in [7, 11) is 0. The van der Waals surface area contributed by atoms with Crippen molar-refractivity contribution in [1.82, 2.24) is 0 Å². The number of hydrogen-bond acceptors (Lipinski definition) is 3. The molecular weight excluding hydrogens is 478 g/mol. The second-order valence-electron chi connectivity index (χ2n) is 10.6. The van der Waals surface area contributed by atoms with Crippen molar-refractivity contribution >= 4 is 17.1 Å². The molecule has 0 radical (unpaired) electrons. The number of benzene rings is 5. The summed E-state index contributed by atoms with van der Waals surface area (Å²) in [5, 5.41) is 20.0. The maximum Gasteiger partial charge on any atom is 0.115 e. The Morgan fingerprint density at radius 2 is 1.08 bits per heavy atom. The second-order valence-corrected chi connectivity index (χ2v) is 10.6. The van der Waals surface area contributed by atoms with Crippen LogP contribution in [0.4, 0.5) is 17.1 Å². The minimum atomic E-state index is -0.534. The fraction of sp³-hybridized carbons (Fsp3) is 0.167. The highest BCUT2D eigenvalue weighted by Crippen LogP contribution is 2.44. The lowest BCUT2D eigenvalue weighted by atomic mass is 9.71. The molecule has 0 fully saturated rings. The first-order chi connectivity index (χ1) is 18.7. The molecule has 196 valence electrons. The largest absolute Gasteiger partial charge is 0.508 e. The number of anilines is 3. The second kappa shape index (κ2) is 10.3. The fourth-order valence-corrected chi connectivity index (χ4v) is 5.32. The van der Waals surface area contributed by atoms with Crippen molar-refractivity contribution in [3.63, 3.8) is 0 Å². The molecule has 5 rings (SSSR count). The molecule has 5 aromatic rings. The zero-order valence-corrected chi connectivity index (χ0v) is 23.2. The van der Waals surface area contributed by atoms with Gasteiger partial charge in [-0.3, -0.25) is 0 Å². The minimum Gasteiger partial charge on any atom is -0.508 e. The van der Waals surface area contributed by atoms with E-state index in [0.717, 1.165) is 33.8 Å². The van der Waals surface area contributed by atoms with Crippen molar-refractivity contribution in [3.8, 4) is 11.5 Å². The van der Waals surface area contributed by atoms with Gasteiger partial charge in [0.2, 0.25) is 0 Å². The number of aromatic hydroxyl groups is 2. The molecule has 5 aromatic carbocycles. The molecule has 0 heterocycles. The fourth-order valence-electron chi connectivity index (χ4n) is 5.32. The molecule has 0 aliphatic carbocycles. The van der Waals surface area contributed by atoms with Gasteiger partial charge in [0.25, 0.3) is 0 Å². The number of hydrogen-bond donors (Lipinski definition) is 2. The van der Waals surface area contributed by atoms with Crippen LogP contribution in [-0.4, -0.2) is 10.2 Å². The van der Waals surface area contributed by atoms with E-state index < -0.39 is 5.41 Å². The van der Waals surface area contributed by atoms with Gasteiger partial charge >= 0.3 is 0 Å². The molecule has 0 unspecified atom stereocenters. The molecule has 0 bridgehead atoms. The van der Waals surface area contributed by atoms with Gasteiger partial charge in [-0.2, -0.15) is 0 Å². The van der Waals surface area contributed by atoms with Crippen molar-refractivity contribution in [2.45, 2.75) is 40.0 Å². The first-order valence-corrected chi connectivity index (χ1v) is 13.3. The minimum absolute atomic E-state index is 0.233. The van der Waals surface area contributed by atoms with Crippen LogP contribution in [0.5, 0.6) is 11.5 Å². The summed E-state index contributed by atoms with van der Waals surface area (Å²) in [6, 6.07) is 36.6. The topological polar surface area (TPSA) is 43.7 Å². The lowest BCUT2D eigenvalue weighted by molar-refractivity contribution is 0.474. The first-order valence-electron chi connectivity index (χ1n) is 13.3. The summed E-state index contributed by atoms with van der Waals surface area (Å²) in [5.74, 6) is 0.466. The Labute approximate surface area is 231 Å². The maximum absolute atomic E-state index is 10.0. The van der Waals surface area contributed by atoms with Crippen molar-refractivity contribution in [3.05, 3.63) is 148 Å². The third-order valence-corrected chi connectivity index (χ3v) is 8.14. The van der Waals surface area contributed by atoms with Gasteiger partial charge in [0.15, 0.2) is 0 Å². The Balaban J connectivity index is 1.75. The molecule has 3 heteroatoms. The smallest absolute Gasteiger partial charge is 0.115 e. The molecule has 3 nitrogen and oxygen atoms in total. The molecule has 39 heavy (non-hydrogen) atoms. The SMILES string of the molecule is Cc1ccc(N(c2cccc(C(C)(c3ccc(O)cc3)c3ccc(O)cc3)c2)c2cccc(C)c2C)cc1C. The molecule has 0 atom stereocenters. The molecule has 0 saturated carbocycles. The van der Waals surface area contributed by atoms with Crippen LogP contribution in [-0.2, 0) is 5.41 Å². The van der Waals surface area contributed by atoms with Crippen molar-refractivity contribution in [2.24, 2.45) is 0 Å². The van der Waals surface area contributed by atoms with Crippen LogP contribution in [0.3, 0.4) is 0 Å². The van der Waals surface area contributed by atoms with E-state index in [1.165, 1.54) is 22.3 Å². The van der Waals surface area contributed by atoms with E-state index in [0.29, 0.717) is 0 Å². The van der Waals surface area contributed by atoms with Crippen LogP contribution in [0.15, 0.2) is 109 Å². The van der Waals surface area contributed by atoms with Crippen LogP contribution < -0.4 is 4.90 Å². The molecule has 2 N–H and O–H groups in total. The normalized spacial score (nSPS) is 11.4. The third-order valence-electron chi connectivity index (χ3n) is 8.14. The Hall–Kier alpha value is -4.50. The van der Waals surface area contributed by atoms with Gasteiger partial charge in [-0.15, -0.1) is 0 Å². The van der Waals surface area contributed by atoms with Gasteiger partial charge in [0.05, 0.1) is 0 Å². The molecular formula is C36H35NO2. The van der Waals surface area contributed by atoms with Crippen LogP contribution in [0, 0.1) is 27.7 Å². The molecule has 0 spiro atoms. The van der Waals surface area contributed by atoms with Gasteiger partial charge in [-0.1, -0.05) is 54.6 Å². The Morgan fingerprint density at radius 1 is 0.513 bits per heavy atom. The lowest BCUT2D eigenvalue weighted by Crippen LogP contribution is -2.25. The predicted octanol–water partition coefficient (Wildman–Crippen LogP) is 9.16. The summed E-state index contributed by atoms with van der Waals surface area (Å²) in [5.41, 5.74) is 11.0. The number of phenolic OH excluding ortho intramolecular Hbond substituents is 2. The van der Waals surface area contributed by atoms with E-state index in [9.17, 15) is 10.2 Å². The van der Waals surface area contributed by atoms with Crippen LogP contribution in [0.1, 0.15) is 45.9 Å². The predicted molar refractivity (Wildman–Crippen MR) is 162 cm³/mol.